The summed E-state index contributed by atoms with van der Waals surface area (Å²) in [7, 11) is 0. The number of para-hydroxylation sites is 2. The highest BCUT2D eigenvalue weighted by Gasteiger charge is 2.36. The molecule has 0 unspecified atom stereocenters. The van der Waals surface area contributed by atoms with Crippen molar-refractivity contribution in [2.45, 2.75) is 19.3 Å². The van der Waals surface area contributed by atoms with E-state index < -0.39 is 0 Å². The topological polar surface area (TPSA) is 45.5 Å². The van der Waals surface area contributed by atoms with Crippen molar-refractivity contribution in [3.8, 4) is 40.2 Å². The average molecular weight is 493 g/mol. The Morgan fingerprint density at radius 1 is 0.605 bits per heavy atom. The molecule has 0 atom stereocenters. The number of nitriles is 1. The number of anilines is 3. The van der Waals surface area contributed by atoms with Gasteiger partial charge in [0.15, 0.2) is 23.0 Å². The van der Waals surface area contributed by atoms with Crippen LogP contribution < -0.4 is 14.4 Å². The summed E-state index contributed by atoms with van der Waals surface area (Å²) < 4.78 is 12.7. The molecule has 2 heterocycles. The first-order valence-electron chi connectivity index (χ1n) is 12.7. The highest BCUT2D eigenvalue weighted by atomic mass is 16.6. The van der Waals surface area contributed by atoms with Gasteiger partial charge in [-0.05, 0) is 70.8 Å². The molecule has 0 bridgehead atoms. The Morgan fingerprint density at radius 3 is 1.82 bits per heavy atom. The van der Waals surface area contributed by atoms with E-state index in [2.05, 4.69) is 85.5 Å². The van der Waals surface area contributed by atoms with Gasteiger partial charge in [-0.25, -0.2) is 0 Å². The predicted octanol–water partition coefficient (Wildman–Crippen LogP) is 9.23. The molecular formula is C34H24N2O2. The lowest BCUT2D eigenvalue weighted by Crippen LogP contribution is -2.30. The number of fused-ring (bicyclic) bond motifs is 4. The molecule has 5 aromatic rings. The predicted molar refractivity (Wildman–Crippen MR) is 150 cm³/mol. The Bertz CT molecular complexity index is 1710. The molecule has 4 nitrogen and oxygen atoms in total. The number of hydrogen-bond donors (Lipinski definition) is 0. The Balaban J connectivity index is 1.29. The van der Waals surface area contributed by atoms with Crippen LogP contribution in [0.2, 0.25) is 0 Å². The van der Waals surface area contributed by atoms with Crippen molar-refractivity contribution in [1.82, 2.24) is 0 Å². The fraction of sp³-hybridized carbons (Fsp3) is 0.0882. The third-order valence-electron chi connectivity index (χ3n) is 7.55. The minimum absolute atomic E-state index is 0.113. The number of rotatable bonds is 2. The zero-order valence-corrected chi connectivity index (χ0v) is 21.1. The quantitative estimate of drug-likeness (QED) is 0.242. The number of hydrogen-bond acceptors (Lipinski definition) is 4. The minimum Gasteiger partial charge on any atom is -0.450 e. The number of benzene rings is 5. The van der Waals surface area contributed by atoms with Crippen molar-refractivity contribution >= 4 is 17.1 Å². The molecule has 5 aromatic carbocycles. The summed E-state index contributed by atoms with van der Waals surface area (Å²) >= 11 is 0. The summed E-state index contributed by atoms with van der Waals surface area (Å²) in [6, 6.07) is 39.0. The minimum atomic E-state index is -0.113. The molecule has 4 heteroatoms. The van der Waals surface area contributed by atoms with Gasteiger partial charge in [0.25, 0.3) is 0 Å². The summed E-state index contributed by atoms with van der Waals surface area (Å²) in [5.74, 6) is 2.70. The lowest BCUT2D eigenvalue weighted by Gasteiger charge is -2.42. The van der Waals surface area contributed by atoms with E-state index in [4.69, 9.17) is 14.7 Å². The van der Waals surface area contributed by atoms with Gasteiger partial charge in [0, 0.05) is 11.5 Å². The maximum absolute atomic E-state index is 9.11. The lowest BCUT2D eigenvalue weighted by atomic mass is 9.73. The van der Waals surface area contributed by atoms with E-state index in [9.17, 15) is 0 Å². The van der Waals surface area contributed by atoms with Crippen LogP contribution in [0.5, 0.6) is 23.0 Å². The molecule has 0 saturated heterocycles. The summed E-state index contributed by atoms with van der Waals surface area (Å²) in [6.45, 7) is 4.57. The molecule has 182 valence electrons. The van der Waals surface area contributed by atoms with Crippen LogP contribution in [0.15, 0.2) is 109 Å². The molecule has 0 saturated carbocycles. The first kappa shape index (κ1) is 22.2. The fourth-order valence-corrected chi connectivity index (χ4v) is 5.57. The number of ether oxygens (including phenoxy) is 2. The van der Waals surface area contributed by atoms with Gasteiger partial charge in [-0.2, -0.15) is 5.26 Å². The third-order valence-corrected chi connectivity index (χ3v) is 7.55. The van der Waals surface area contributed by atoms with Crippen LogP contribution >= 0.6 is 0 Å². The van der Waals surface area contributed by atoms with E-state index in [0.717, 1.165) is 28.2 Å². The van der Waals surface area contributed by atoms with E-state index >= 15 is 0 Å². The first-order chi connectivity index (χ1) is 18.5. The van der Waals surface area contributed by atoms with E-state index in [1.165, 1.54) is 11.1 Å². The summed E-state index contributed by atoms with van der Waals surface area (Å²) in [5, 5.41) is 9.11. The standard InChI is InChI=1S/C34H24N2O2/c1-34(2)26-7-3-5-9-28(26)36(29-10-6-4-8-27(29)34)25-16-18-31-33(20-25)38-32-19-24(15-17-30(32)37-31)23-13-11-22(21-35)12-14-23/h3-20H,1-2H3. The molecule has 0 aromatic heterocycles. The van der Waals surface area contributed by atoms with Crippen LogP contribution in [0.4, 0.5) is 17.1 Å². The summed E-state index contributed by atoms with van der Waals surface area (Å²) in [4.78, 5) is 2.31. The highest BCUT2D eigenvalue weighted by molar-refractivity contribution is 5.86. The smallest absolute Gasteiger partial charge is 0.172 e. The Labute approximate surface area is 221 Å². The second-order valence-electron chi connectivity index (χ2n) is 10.2. The van der Waals surface area contributed by atoms with Crippen molar-refractivity contribution in [3.05, 3.63) is 126 Å². The van der Waals surface area contributed by atoms with Crippen LogP contribution in [0, 0.1) is 11.3 Å². The van der Waals surface area contributed by atoms with E-state index in [-0.39, 0.29) is 5.41 Å². The van der Waals surface area contributed by atoms with Crippen LogP contribution in [-0.4, -0.2) is 0 Å². The molecule has 38 heavy (non-hydrogen) atoms. The van der Waals surface area contributed by atoms with Crippen molar-refractivity contribution in [2.24, 2.45) is 0 Å². The van der Waals surface area contributed by atoms with Crippen molar-refractivity contribution in [3.63, 3.8) is 0 Å². The fourth-order valence-electron chi connectivity index (χ4n) is 5.57. The van der Waals surface area contributed by atoms with Gasteiger partial charge < -0.3 is 14.4 Å². The molecule has 2 aliphatic heterocycles. The van der Waals surface area contributed by atoms with Crippen LogP contribution in [-0.2, 0) is 5.41 Å². The average Bonchev–Trinajstić information content (AvgIpc) is 2.96. The molecule has 7 rings (SSSR count). The normalized spacial score (nSPS) is 14.1. The van der Waals surface area contributed by atoms with E-state index in [0.29, 0.717) is 28.6 Å². The Hall–Kier alpha value is -5.01. The second-order valence-corrected chi connectivity index (χ2v) is 10.2. The number of nitrogens with zero attached hydrogens (tertiary/aromatic N) is 2. The zero-order chi connectivity index (χ0) is 25.9. The van der Waals surface area contributed by atoms with Gasteiger partial charge in [-0.3, -0.25) is 0 Å². The van der Waals surface area contributed by atoms with Crippen molar-refractivity contribution in [1.29, 1.82) is 5.26 Å². The van der Waals surface area contributed by atoms with Crippen molar-refractivity contribution in [2.75, 3.05) is 4.90 Å². The molecule has 0 N–H and O–H groups in total. The molecule has 2 aliphatic rings. The van der Waals surface area contributed by atoms with E-state index in [1.807, 2.05) is 48.5 Å². The van der Waals surface area contributed by atoms with E-state index in [1.54, 1.807) is 0 Å². The largest absolute Gasteiger partial charge is 0.450 e. The second kappa shape index (κ2) is 8.26. The van der Waals surface area contributed by atoms with Crippen LogP contribution in [0.3, 0.4) is 0 Å². The van der Waals surface area contributed by atoms with Crippen LogP contribution in [0.25, 0.3) is 11.1 Å². The summed E-state index contributed by atoms with van der Waals surface area (Å²) in [6.07, 6.45) is 0. The van der Waals surface area contributed by atoms with Crippen LogP contribution in [0.1, 0.15) is 30.5 Å². The molecule has 0 fully saturated rings. The molecule has 0 spiro atoms. The van der Waals surface area contributed by atoms with Crippen molar-refractivity contribution < 1.29 is 9.47 Å². The third kappa shape index (κ3) is 3.37. The zero-order valence-electron chi connectivity index (χ0n) is 21.1. The molecule has 0 amide bonds. The van der Waals surface area contributed by atoms with Gasteiger partial charge >= 0.3 is 0 Å². The first-order valence-corrected chi connectivity index (χ1v) is 12.7. The molecule has 0 radical (unpaired) electrons. The molecule has 0 aliphatic carbocycles. The lowest BCUT2D eigenvalue weighted by molar-refractivity contribution is 0.360. The summed E-state index contributed by atoms with van der Waals surface area (Å²) in [5.41, 5.74) is 8.44. The SMILES string of the molecule is CC1(C)c2ccccc2N(c2ccc3c(c2)Oc2cc(-c4ccc(C#N)cc4)ccc2O3)c2ccccc21. The van der Waals surface area contributed by atoms with Gasteiger partial charge in [0.05, 0.1) is 28.7 Å². The molecular weight excluding hydrogens is 468 g/mol. The van der Waals surface area contributed by atoms with Gasteiger partial charge in [0.1, 0.15) is 0 Å². The monoisotopic (exact) mass is 492 g/mol. The Kier molecular flexibility index (Phi) is 4.83. The van der Waals surface area contributed by atoms with Gasteiger partial charge in [-0.15, -0.1) is 0 Å². The maximum atomic E-state index is 9.11. The Morgan fingerprint density at radius 2 is 1.16 bits per heavy atom. The maximum Gasteiger partial charge on any atom is 0.172 e. The van der Waals surface area contributed by atoms with Gasteiger partial charge in [-0.1, -0.05) is 68.4 Å². The highest BCUT2D eigenvalue weighted by Crippen LogP contribution is 2.54. The van der Waals surface area contributed by atoms with Gasteiger partial charge in [0.2, 0.25) is 0 Å².